The predicted octanol–water partition coefficient (Wildman–Crippen LogP) is 3.64. The second-order valence-electron chi connectivity index (χ2n) is 4.31. The quantitative estimate of drug-likeness (QED) is 0.517. The first-order valence-electron chi connectivity index (χ1n) is 6.34. The minimum Gasteiger partial charge on any atom is -0.468 e. The predicted molar refractivity (Wildman–Crippen MR) is 79.8 cm³/mol. The van der Waals surface area contributed by atoms with Crippen molar-refractivity contribution < 1.29 is 13.9 Å². The van der Waals surface area contributed by atoms with Crippen molar-refractivity contribution in [2.24, 2.45) is 0 Å². The van der Waals surface area contributed by atoms with E-state index >= 15 is 0 Å². The number of nitrogen functional groups attached to an aromatic ring is 1. The Morgan fingerprint density at radius 3 is 2.95 bits per heavy atom. The van der Waals surface area contributed by atoms with Crippen molar-refractivity contribution in [3.05, 3.63) is 47.4 Å². The molecule has 1 aromatic carbocycles. The molecule has 0 saturated heterocycles. The normalized spacial score (nSPS) is 10.5. The number of nitrogens with two attached hydrogens (primary N) is 1. The zero-order chi connectivity index (χ0) is 14.5. The van der Waals surface area contributed by atoms with E-state index in [1.54, 1.807) is 24.8 Å². The SMILES string of the molecule is CCOC(=O)c1ccoc1CSc1cc(C)ccc1N. The van der Waals surface area contributed by atoms with Crippen LogP contribution in [0, 0.1) is 6.92 Å². The van der Waals surface area contributed by atoms with Crippen LogP contribution < -0.4 is 5.73 Å². The number of carbonyl (C=O) groups is 1. The summed E-state index contributed by atoms with van der Waals surface area (Å²) in [5, 5.41) is 0. The molecule has 2 N–H and O–H groups in total. The van der Waals surface area contributed by atoms with Gasteiger partial charge in [-0.05, 0) is 37.6 Å². The highest BCUT2D eigenvalue weighted by atomic mass is 32.2. The van der Waals surface area contributed by atoms with E-state index in [1.807, 2.05) is 25.1 Å². The van der Waals surface area contributed by atoms with E-state index in [9.17, 15) is 4.79 Å². The number of aryl methyl sites for hydroxylation is 1. The number of ether oxygens (including phenoxy) is 1. The monoisotopic (exact) mass is 291 g/mol. The maximum absolute atomic E-state index is 11.7. The third-order valence-corrected chi connectivity index (χ3v) is 3.84. The van der Waals surface area contributed by atoms with Crippen LogP contribution in [0.4, 0.5) is 5.69 Å². The van der Waals surface area contributed by atoms with Gasteiger partial charge in [-0.3, -0.25) is 0 Å². The third kappa shape index (κ3) is 3.36. The lowest BCUT2D eigenvalue weighted by Crippen LogP contribution is -2.05. The molecule has 1 heterocycles. The Balaban J connectivity index is 2.10. The van der Waals surface area contributed by atoms with Gasteiger partial charge in [-0.2, -0.15) is 0 Å². The van der Waals surface area contributed by atoms with Gasteiger partial charge in [0, 0.05) is 10.6 Å². The van der Waals surface area contributed by atoms with Crippen LogP contribution in [0.2, 0.25) is 0 Å². The van der Waals surface area contributed by atoms with E-state index in [1.165, 1.54) is 6.26 Å². The van der Waals surface area contributed by atoms with E-state index in [4.69, 9.17) is 14.9 Å². The lowest BCUT2D eigenvalue weighted by molar-refractivity contribution is 0.0524. The van der Waals surface area contributed by atoms with E-state index in [2.05, 4.69) is 0 Å². The number of esters is 1. The lowest BCUT2D eigenvalue weighted by atomic mass is 10.2. The van der Waals surface area contributed by atoms with Crippen molar-refractivity contribution in [3.8, 4) is 0 Å². The number of hydrogen-bond donors (Lipinski definition) is 1. The van der Waals surface area contributed by atoms with Crippen LogP contribution >= 0.6 is 11.8 Å². The first kappa shape index (κ1) is 14.5. The lowest BCUT2D eigenvalue weighted by Gasteiger charge is -2.06. The molecule has 0 amide bonds. The smallest absolute Gasteiger partial charge is 0.341 e. The maximum Gasteiger partial charge on any atom is 0.341 e. The van der Waals surface area contributed by atoms with Gasteiger partial charge in [-0.15, -0.1) is 11.8 Å². The molecule has 0 spiro atoms. The molecule has 0 unspecified atom stereocenters. The highest BCUT2D eigenvalue weighted by Gasteiger charge is 2.16. The van der Waals surface area contributed by atoms with Crippen LogP contribution in [0.25, 0.3) is 0 Å². The van der Waals surface area contributed by atoms with E-state index < -0.39 is 0 Å². The highest BCUT2D eigenvalue weighted by Crippen LogP contribution is 2.30. The van der Waals surface area contributed by atoms with Crippen molar-refractivity contribution >= 4 is 23.4 Å². The molecule has 5 heteroatoms. The molecule has 2 aromatic rings. The van der Waals surface area contributed by atoms with Crippen molar-refractivity contribution in [1.82, 2.24) is 0 Å². The van der Waals surface area contributed by atoms with E-state index in [0.29, 0.717) is 23.7 Å². The van der Waals surface area contributed by atoms with E-state index in [-0.39, 0.29) is 5.97 Å². The van der Waals surface area contributed by atoms with Crippen LogP contribution in [-0.4, -0.2) is 12.6 Å². The standard InChI is InChI=1S/C15H17NO3S/c1-3-18-15(17)11-6-7-19-13(11)9-20-14-8-10(2)4-5-12(14)16/h4-8H,3,9,16H2,1-2H3. The Bertz CT molecular complexity index is 607. The van der Waals surface area contributed by atoms with Gasteiger partial charge in [0.15, 0.2) is 0 Å². The minimum absolute atomic E-state index is 0.349. The Kier molecular flexibility index (Phi) is 4.74. The number of thioether (sulfide) groups is 1. The molecule has 0 aliphatic heterocycles. The summed E-state index contributed by atoms with van der Waals surface area (Å²) < 4.78 is 10.4. The Hall–Kier alpha value is -1.88. The molecular weight excluding hydrogens is 274 g/mol. The molecule has 0 radical (unpaired) electrons. The number of carbonyl (C=O) groups excluding carboxylic acids is 1. The first-order chi connectivity index (χ1) is 9.61. The number of hydrogen-bond acceptors (Lipinski definition) is 5. The van der Waals surface area contributed by atoms with Gasteiger partial charge in [0.2, 0.25) is 0 Å². The van der Waals surface area contributed by atoms with Gasteiger partial charge < -0.3 is 14.9 Å². The second kappa shape index (κ2) is 6.52. The zero-order valence-electron chi connectivity index (χ0n) is 11.5. The number of furan rings is 1. The average molecular weight is 291 g/mol. The van der Waals surface area contributed by atoms with E-state index in [0.717, 1.165) is 16.1 Å². The third-order valence-electron chi connectivity index (χ3n) is 2.77. The van der Waals surface area contributed by atoms with Crippen molar-refractivity contribution in [3.63, 3.8) is 0 Å². The number of rotatable bonds is 5. The van der Waals surface area contributed by atoms with Gasteiger partial charge >= 0.3 is 5.97 Å². The van der Waals surface area contributed by atoms with Gasteiger partial charge in [0.1, 0.15) is 11.3 Å². The topological polar surface area (TPSA) is 65.5 Å². The average Bonchev–Trinajstić information content (AvgIpc) is 2.88. The molecular formula is C15H17NO3S. The molecule has 20 heavy (non-hydrogen) atoms. The Morgan fingerprint density at radius 2 is 2.20 bits per heavy atom. The molecule has 0 aliphatic rings. The summed E-state index contributed by atoms with van der Waals surface area (Å²) in [6.45, 7) is 4.14. The summed E-state index contributed by atoms with van der Waals surface area (Å²) in [7, 11) is 0. The summed E-state index contributed by atoms with van der Waals surface area (Å²) in [6.07, 6.45) is 1.50. The van der Waals surface area contributed by atoms with Crippen molar-refractivity contribution in [1.29, 1.82) is 0 Å². The molecule has 106 valence electrons. The van der Waals surface area contributed by atoms with Gasteiger partial charge in [0.05, 0.1) is 18.6 Å². The molecule has 0 aliphatic carbocycles. The maximum atomic E-state index is 11.7. The number of anilines is 1. The summed E-state index contributed by atoms with van der Waals surface area (Å²) in [5.74, 6) is 0.790. The summed E-state index contributed by atoms with van der Waals surface area (Å²) >= 11 is 1.54. The molecule has 1 aromatic heterocycles. The summed E-state index contributed by atoms with van der Waals surface area (Å²) in [6, 6.07) is 7.50. The summed E-state index contributed by atoms with van der Waals surface area (Å²) in [4.78, 5) is 12.7. The Morgan fingerprint density at radius 1 is 1.40 bits per heavy atom. The molecule has 0 bridgehead atoms. The molecule has 4 nitrogen and oxygen atoms in total. The number of benzene rings is 1. The molecule has 0 atom stereocenters. The van der Waals surface area contributed by atoms with Crippen LogP contribution in [0.3, 0.4) is 0 Å². The summed E-state index contributed by atoms with van der Waals surface area (Å²) in [5.41, 5.74) is 8.28. The second-order valence-corrected chi connectivity index (χ2v) is 5.33. The van der Waals surface area contributed by atoms with Crippen LogP contribution in [0.15, 0.2) is 39.8 Å². The van der Waals surface area contributed by atoms with Gasteiger partial charge in [-0.25, -0.2) is 4.79 Å². The first-order valence-corrected chi connectivity index (χ1v) is 7.32. The fraction of sp³-hybridized carbons (Fsp3) is 0.267. The van der Waals surface area contributed by atoms with Crippen LogP contribution in [-0.2, 0) is 10.5 Å². The fourth-order valence-corrected chi connectivity index (χ4v) is 2.77. The van der Waals surface area contributed by atoms with Crippen molar-refractivity contribution in [2.45, 2.75) is 24.5 Å². The molecule has 2 rings (SSSR count). The Labute approximate surface area is 122 Å². The van der Waals surface area contributed by atoms with Crippen LogP contribution in [0.1, 0.15) is 28.6 Å². The van der Waals surface area contributed by atoms with Crippen molar-refractivity contribution in [2.75, 3.05) is 12.3 Å². The zero-order valence-corrected chi connectivity index (χ0v) is 12.3. The molecule has 0 fully saturated rings. The largest absolute Gasteiger partial charge is 0.468 e. The fourth-order valence-electron chi connectivity index (χ4n) is 1.75. The van der Waals surface area contributed by atoms with Crippen LogP contribution in [0.5, 0.6) is 0 Å². The highest BCUT2D eigenvalue weighted by molar-refractivity contribution is 7.98. The van der Waals surface area contributed by atoms with Gasteiger partial charge in [0.25, 0.3) is 0 Å². The minimum atomic E-state index is -0.353. The van der Waals surface area contributed by atoms with Gasteiger partial charge in [-0.1, -0.05) is 6.07 Å². The molecule has 0 saturated carbocycles.